The molecule has 1 saturated heterocycles. The second-order valence-electron chi connectivity index (χ2n) is 5.58. The molecule has 0 aliphatic carbocycles. The van der Waals surface area contributed by atoms with Gasteiger partial charge in [0.25, 0.3) is 5.69 Å². The molecule has 0 amide bonds. The Kier molecular flexibility index (Phi) is 4.99. The molecule has 0 unspecified atom stereocenters. The minimum Gasteiger partial charge on any atom is -0.366 e. The van der Waals surface area contributed by atoms with Crippen molar-refractivity contribution in [3.05, 3.63) is 32.8 Å². The molecule has 1 aliphatic heterocycles. The van der Waals surface area contributed by atoms with Gasteiger partial charge >= 0.3 is 0 Å². The van der Waals surface area contributed by atoms with Crippen LogP contribution in [0.25, 0.3) is 0 Å². The van der Waals surface area contributed by atoms with Crippen LogP contribution in [0.4, 0.5) is 11.4 Å². The van der Waals surface area contributed by atoms with Crippen molar-refractivity contribution in [3.8, 4) is 0 Å². The minimum absolute atomic E-state index is 0.194. The van der Waals surface area contributed by atoms with Crippen LogP contribution in [0.3, 0.4) is 0 Å². The van der Waals surface area contributed by atoms with E-state index >= 15 is 0 Å². The molecule has 2 rings (SSSR count). The van der Waals surface area contributed by atoms with Crippen LogP contribution in [0, 0.1) is 16.0 Å². The average molecular weight is 342 g/mol. The highest BCUT2D eigenvalue weighted by Crippen LogP contribution is 2.33. The van der Waals surface area contributed by atoms with E-state index in [0.29, 0.717) is 5.92 Å². The molecule has 0 atom stereocenters. The van der Waals surface area contributed by atoms with Gasteiger partial charge in [0.15, 0.2) is 0 Å². The number of nitrogens with zero attached hydrogens (tertiary/aromatic N) is 3. The van der Waals surface area contributed by atoms with Crippen molar-refractivity contribution in [3.63, 3.8) is 0 Å². The van der Waals surface area contributed by atoms with Gasteiger partial charge in [-0.15, -0.1) is 0 Å². The highest BCUT2D eigenvalue weighted by Gasteiger charge is 2.25. The number of rotatable bonds is 4. The smallest absolute Gasteiger partial charge is 0.292 e. The molecule has 110 valence electrons. The lowest BCUT2D eigenvalue weighted by atomic mass is 9.96. The van der Waals surface area contributed by atoms with Crippen molar-refractivity contribution in [1.82, 2.24) is 4.90 Å². The van der Waals surface area contributed by atoms with Gasteiger partial charge in [-0.05, 0) is 45.0 Å². The summed E-state index contributed by atoms with van der Waals surface area (Å²) in [7, 11) is 4.18. The van der Waals surface area contributed by atoms with E-state index in [1.165, 1.54) is 0 Å². The monoisotopic (exact) mass is 341 g/mol. The number of piperidine rings is 1. The normalized spacial score (nSPS) is 16.7. The molecule has 20 heavy (non-hydrogen) atoms. The fraction of sp³-hybridized carbons (Fsp3) is 0.571. The van der Waals surface area contributed by atoms with Crippen LogP contribution in [0.2, 0.25) is 0 Å². The molecular weight excluding hydrogens is 322 g/mol. The van der Waals surface area contributed by atoms with E-state index in [9.17, 15) is 10.1 Å². The zero-order valence-electron chi connectivity index (χ0n) is 11.9. The lowest BCUT2D eigenvalue weighted by Crippen LogP contribution is -2.37. The molecule has 0 bridgehead atoms. The van der Waals surface area contributed by atoms with Gasteiger partial charge in [-0.1, -0.05) is 15.9 Å². The van der Waals surface area contributed by atoms with Gasteiger partial charge in [0.2, 0.25) is 0 Å². The maximum absolute atomic E-state index is 11.1. The Labute approximate surface area is 127 Å². The summed E-state index contributed by atoms with van der Waals surface area (Å²) in [6.45, 7) is 2.86. The van der Waals surface area contributed by atoms with Crippen molar-refractivity contribution in [1.29, 1.82) is 0 Å². The first-order chi connectivity index (χ1) is 9.47. The summed E-state index contributed by atoms with van der Waals surface area (Å²) in [5.41, 5.74) is 0.923. The van der Waals surface area contributed by atoms with Crippen LogP contribution < -0.4 is 4.90 Å². The van der Waals surface area contributed by atoms with Crippen molar-refractivity contribution in [2.75, 3.05) is 38.6 Å². The summed E-state index contributed by atoms with van der Waals surface area (Å²) in [6, 6.07) is 5.15. The molecule has 6 heteroatoms. The van der Waals surface area contributed by atoms with E-state index in [-0.39, 0.29) is 10.6 Å². The van der Waals surface area contributed by atoms with Crippen LogP contribution >= 0.6 is 15.9 Å². The van der Waals surface area contributed by atoms with Crippen molar-refractivity contribution >= 4 is 27.3 Å². The third-order valence-corrected chi connectivity index (χ3v) is 4.21. The van der Waals surface area contributed by atoms with Gasteiger partial charge in [-0.2, -0.15) is 0 Å². The molecule has 1 aromatic rings. The highest BCUT2D eigenvalue weighted by atomic mass is 79.9. The standard InChI is InChI=1S/C14H20BrN3O2/c1-16(2)10-11-5-7-17(8-6-11)14-9-12(15)3-4-13(14)18(19)20/h3-4,9,11H,5-8,10H2,1-2H3. The predicted molar refractivity (Wildman–Crippen MR) is 84.3 cm³/mol. The largest absolute Gasteiger partial charge is 0.366 e. The molecule has 1 fully saturated rings. The summed E-state index contributed by atoms with van der Waals surface area (Å²) >= 11 is 3.40. The Morgan fingerprint density at radius 1 is 1.40 bits per heavy atom. The topological polar surface area (TPSA) is 49.6 Å². The first-order valence-electron chi connectivity index (χ1n) is 6.81. The fourth-order valence-electron chi connectivity index (χ4n) is 2.78. The molecule has 0 saturated carbocycles. The molecule has 1 heterocycles. The van der Waals surface area contributed by atoms with Crippen LogP contribution in [0.15, 0.2) is 22.7 Å². The van der Waals surface area contributed by atoms with Crippen LogP contribution in [0.5, 0.6) is 0 Å². The number of halogens is 1. The van der Waals surface area contributed by atoms with Gasteiger partial charge < -0.3 is 9.80 Å². The predicted octanol–water partition coefficient (Wildman–Crippen LogP) is 3.14. The average Bonchev–Trinajstić information content (AvgIpc) is 2.38. The zero-order chi connectivity index (χ0) is 14.7. The number of hydrogen-bond donors (Lipinski definition) is 0. The summed E-state index contributed by atoms with van der Waals surface area (Å²) in [4.78, 5) is 15.2. The van der Waals surface area contributed by atoms with Gasteiger partial charge in [0, 0.05) is 30.2 Å². The Balaban J connectivity index is 2.10. The first kappa shape index (κ1) is 15.3. The molecule has 0 spiro atoms. The van der Waals surface area contributed by atoms with Crippen molar-refractivity contribution in [2.24, 2.45) is 5.92 Å². The van der Waals surface area contributed by atoms with E-state index in [4.69, 9.17) is 0 Å². The molecule has 1 aliphatic rings. The van der Waals surface area contributed by atoms with E-state index in [1.54, 1.807) is 12.1 Å². The van der Waals surface area contributed by atoms with Gasteiger partial charge in [-0.3, -0.25) is 10.1 Å². The molecule has 0 N–H and O–H groups in total. The Morgan fingerprint density at radius 2 is 2.05 bits per heavy atom. The summed E-state index contributed by atoms with van der Waals surface area (Å²) in [5, 5.41) is 11.1. The minimum atomic E-state index is -0.298. The lowest BCUT2D eigenvalue weighted by Gasteiger charge is -2.34. The highest BCUT2D eigenvalue weighted by molar-refractivity contribution is 9.10. The van der Waals surface area contributed by atoms with Gasteiger partial charge in [0.05, 0.1) is 4.92 Å². The molecule has 5 nitrogen and oxygen atoms in total. The zero-order valence-corrected chi connectivity index (χ0v) is 13.5. The van der Waals surface area contributed by atoms with E-state index < -0.39 is 0 Å². The summed E-state index contributed by atoms with van der Waals surface area (Å²) < 4.78 is 0.883. The van der Waals surface area contributed by atoms with Crippen molar-refractivity contribution in [2.45, 2.75) is 12.8 Å². The second kappa shape index (κ2) is 6.54. The first-order valence-corrected chi connectivity index (χ1v) is 7.60. The third kappa shape index (κ3) is 3.70. The number of hydrogen-bond acceptors (Lipinski definition) is 4. The third-order valence-electron chi connectivity index (χ3n) is 3.71. The van der Waals surface area contributed by atoms with E-state index in [0.717, 1.165) is 42.6 Å². The lowest BCUT2D eigenvalue weighted by molar-refractivity contribution is -0.384. The fourth-order valence-corrected chi connectivity index (χ4v) is 3.13. The number of nitro groups is 1. The Hall–Kier alpha value is -1.14. The SMILES string of the molecule is CN(C)CC1CCN(c2cc(Br)ccc2[N+](=O)[O-])CC1. The Morgan fingerprint density at radius 3 is 2.60 bits per heavy atom. The molecule has 0 aromatic heterocycles. The second-order valence-corrected chi connectivity index (χ2v) is 6.50. The summed E-state index contributed by atoms with van der Waals surface area (Å²) in [6.07, 6.45) is 2.17. The van der Waals surface area contributed by atoms with Gasteiger partial charge in [0.1, 0.15) is 5.69 Å². The van der Waals surface area contributed by atoms with Crippen molar-refractivity contribution < 1.29 is 4.92 Å². The quantitative estimate of drug-likeness (QED) is 0.623. The van der Waals surface area contributed by atoms with Crippen LogP contribution in [-0.2, 0) is 0 Å². The van der Waals surface area contributed by atoms with E-state index in [1.807, 2.05) is 6.07 Å². The number of nitro benzene ring substituents is 1. The maximum atomic E-state index is 11.1. The maximum Gasteiger partial charge on any atom is 0.292 e. The summed E-state index contributed by atoms with van der Waals surface area (Å²) in [5.74, 6) is 0.687. The number of anilines is 1. The number of benzene rings is 1. The van der Waals surface area contributed by atoms with Crippen LogP contribution in [0.1, 0.15) is 12.8 Å². The molecular formula is C14H20BrN3O2. The molecule has 0 radical (unpaired) electrons. The van der Waals surface area contributed by atoms with Crippen LogP contribution in [-0.4, -0.2) is 43.6 Å². The Bertz CT molecular complexity index is 485. The molecule has 1 aromatic carbocycles. The van der Waals surface area contributed by atoms with Gasteiger partial charge in [-0.25, -0.2) is 0 Å². The van der Waals surface area contributed by atoms with E-state index in [2.05, 4.69) is 39.8 Å².